The summed E-state index contributed by atoms with van der Waals surface area (Å²) in [5, 5.41) is 5.49. The number of likely N-dealkylation sites (tertiary alicyclic amines) is 1. The van der Waals surface area contributed by atoms with Crippen LogP contribution >= 0.6 is 11.3 Å². The first-order valence-corrected chi connectivity index (χ1v) is 11.0. The number of carbonyl (C=O) groups excluding carboxylic acids is 1. The van der Waals surface area contributed by atoms with Crippen molar-refractivity contribution in [1.82, 2.24) is 24.5 Å². The topological polar surface area (TPSA) is 109 Å². The average Bonchev–Trinajstić information content (AvgIpc) is 3.40. The number of nitrogens with one attached hydrogen (secondary N) is 1. The Morgan fingerprint density at radius 2 is 1.97 bits per heavy atom. The number of anilines is 1. The molecule has 1 saturated heterocycles. The monoisotopic (exact) mass is 434 g/mol. The molecule has 1 amide bonds. The third kappa shape index (κ3) is 3.21. The molecule has 9 heteroatoms. The van der Waals surface area contributed by atoms with Gasteiger partial charge in [-0.3, -0.25) is 14.7 Å². The predicted molar refractivity (Wildman–Crippen MR) is 119 cm³/mol. The third-order valence-electron chi connectivity index (χ3n) is 6.10. The first kappa shape index (κ1) is 19.5. The minimum Gasteiger partial charge on any atom is -0.375 e. The number of aryl methyl sites for hydroxylation is 1. The van der Waals surface area contributed by atoms with Crippen molar-refractivity contribution in [1.29, 1.82) is 0 Å². The van der Waals surface area contributed by atoms with Crippen molar-refractivity contribution in [3.8, 4) is 0 Å². The number of fused-ring (bicyclic) bond motifs is 1. The number of H-pyrrole nitrogens is 1. The van der Waals surface area contributed by atoms with Gasteiger partial charge in [-0.25, -0.2) is 14.5 Å². The van der Waals surface area contributed by atoms with E-state index in [4.69, 9.17) is 5.73 Å². The normalized spacial score (nSPS) is 16.0. The van der Waals surface area contributed by atoms with Gasteiger partial charge in [0, 0.05) is 41.8 Å². The van der Waals surface area contributed by atoms with Gasteiger partial charge in [0.15, 0.2) is 10.8 Å². The highest BCUT2D eigenvalue weighted by molar-refractivity contribution is 7.13. The molecule has 1 aliphatic rings. The fourth-order valence-electron chi connectivity index (χ4n) is 4.45. The first-order chi connectivity index (χ1) is 15.0. The number of nitrogens with two attached hydrogens (primary N) is 1. The summed E-state index contributed by atoms with van der Waals surface area (Å²) in [7, 11) is 0. The van der Waals surface area contributed by atoms with Crippen LogP contribution in [0.4, 0.5) is 5.13 Å². The summed E-state index contributed by atoms with van der Waals surface area (Å²) < 4.78 is 1.32. The molecule has 158 valence electrons. The molecule has 0 atom stereocenters. The molecule has 0 radical (unpaired) electrons. The zero-order chi connectivity index (χ0) is 21.6. The van der Waals surface area contributed by atoms with Crippen LogP contribution in [0.2, 0.25) is 0 Å². The number of piperidine rings is 1. The maximum atomic E-state index is 13.2. The minimum atomic E-state index is -0.379. The summed E-state index contributed by atoms with van der Waals surface area (Å²) in [6.07, 6.45) is 2.78. The number of nitrogens with zero attached hydrogens (tertiary/aromatic N) is 4. The van der Waals surface area contributed by atoms with E-state index in [1.807, 2.05) is 30.5 Å². The van der Waals surface area contributed by atoms with Crippen molar-refractivity contribution in [2.24, 2.45) is 0 Å². The van der Waals surface area contributed by atoms with Crippen molar-refractivity contribution < 1.29 is 4.79 Å². The highest BCUT2D eigenvalue weighted by Gasteiger charge is 2.41. The Hall–Kier alpha value is -3.46. The number of amides is 1. The van der Waals surface area contributed by atoms with Crippen LogP contribution in [0.1, 0.15) is 40.2 Å². The van der Waals surface area contributed by atoms with Crippen LogP contribution in [-0.4, -0.2) is 43.5 Å². The van der Waals surface area contributed by atoms with Gasteiger partial charge in [-0.1, -0.05) is 30.3 Å². The number of hydrogen-bond donors (Lipinski definition) is 2. The standard InChI is InChI=1S/C22H22N6O2S/c1-14-11-18-24-12-16(20(30)28(18)26-14)19(29)27-9-7-22(8-10-27,15-5-3-2-4-6-15)17-13-31-21(23)25-17/h2-6,11-13,26H,7-10H2,1H3,(H2,23,25). The summed E-state index contributed by atoms with van der Waals surface area (Å²) in [6, 6.07) is 12.0. The number of thiazole rings is 1. The van der Waals surface area contributed by atoms with E-state index in [2.05, 4.69) is 27.2 Å². The number of nitrogen functional groups attached to an aromatic ring is 1. The molecule has 4 heterocycles. The van der Waals surface area contributed by atoms with E-state index in [1.54, 1.807) is 11.0 Å². The van der Waals surface area contributed by atoms with Crippen molar-refractivity contribution in [2.45, 2.75) is 25.2 Å². The maximum absolute atomic E-state index is 13.2. The summed E-state index contributed by atoms with van der Waals surface area (Å²) in [5.41, 5.74) is 8.74. The molecule has 0 aliphatic carbocycles. The number of benzene rings is 1. The van der Waals surface area contributed by atoms with Gasteiger partial charge in [0.25, 0.3) is 11.5 Å². The van der Waals surface area contributed by atoms with Gasteiger partial charge in [-0.15, -0.1) is 11.3 Å². The molecule has 3 N–H and O–H groups in total. The van der Waals surface area contributed by atoms with Crippen LogP contribution in [0.25, 0.3) is 5.65 Å². The van der Waals surface area contributed by atoms with Crippen molar-refractivity contribution in [3.05, 3.63) is 80.8 Å². The molecule has 8 nitrogen and oxygen atoms in total. The fourth-order valence-corrected chi connectivity index (χ4v) is 5.11. The second kappa shape index (κ2) is 7.35. The highest BCUT2D eigenvalue weighted by atomic mass is 32.1. The van der Waals surface area contributed by atoms with Gasteiger partial charge in [0.05, 0.1) is 5.69 Å². The first-order valence-electron chi connectivity index (χ1n) is 10.1. The Morgan fingerprint density at radius 1 is 1.23 bits per heavy atom. The van der Waals surface area contributed by atoms with Crippen molar-refractivity contribution in [2.75, 3.05) is 18.8 Å². The van der Waals surface area contributed by atoms with E-state index in [0.717, 1.165) is 17.0 Å². The lowest BCUT2D eigenvalue weighted by molar-refractivity contribution is 0.0681. The molecule has 1 aromatic carbocycles. The average molecular weight is 435 g/mol. The van der Waals surface area contributed by atoms with Gasteiger partial charge in [0.2, 0.25) is 0 Å². The SMILES string of the molecule is Cc1cc2ncc(C(=O)N3CCC(c4ccccc4)(c4csc(N)n4)CC3)c(=O)n2[nH]1. The number of hydrogen-bond acceptors (Lipinski definition) is 6. The second-order valence-corrected chi connectivity index (χ2v) is 8.81. The Bertz CT molecular complexity index is 1310. The van der Waals surface area contributed by atoms with Gasteiger partial charge < -0.3 is 10.6 Å². The van der Waals surface area contributed by atoms with E-state index < -0.39 is 0 Å². The highest BCUT2D eigenvalue weighted by Crippen LogP contribution is 2.42. The Morgan fingerprint density at radius 3 is 2.65 bits per heavy atom. The quantitative estimate of drug-likeness (QED) is 0.515. The second-order valence-electron chi connectivity index (χ2n) is 7.92. The van der Waals surface area contributed by atoms with E-state index in [1.165, 1.54) is 22.0 Å². The van der Waals surface area contributed by atoms with E-state index in [-0.39, 0.29) is 22.4 Å². The molecule has 3 aromatic heterocycles. The van der Waals surface area contributed by atoms with E-state index in [0.29, 0.717) is 36.7 Å². The van der Waals surface area contributed by atoms with Crippen LogP contribution < -0.4 is 11.3 Å². The van der Waals surface area contributed by atoms with Crippen molar-refractivity contribution in [3.63, 3.8) is 0 Å². The van der Waals surface area contributed by atoms with Crippen LogP contribution in [0, 0.1) is 6.92 Å². The van der Waals surface area contributed by atoms with E-state index in [9.17, 15) is 9.59 Å². The molecule has 0 unspecified atom stereocenters. The Labute approximate surface area is 182 Å². The Kier molecular flexibility index (Phi) is 4.62. The number of rotatable bonds is 3. The van der Waals surface area contributed by atoms with E-state index >= 15 is 0 Å². The van der Waals surface area contributed by atoms with Crippen LogP contribution in [0.5, 0.6) is 0 Å². The molecule has 5 rings (SSSR count). The lowest BCUT2D eigenvalue weighted by Crippen LogP contribution is -2.47. The largest absolute Gasteiger partial charge is 0.375 e. The zero-order valence-corrected chi connectivity index (χ0v) is 17.9. The molecule has 31 heavy (non-hydrogen) atoms. The third-order valence-corrected chi connectivity index (χ3v) is 6.77. The molecular formula is C22H22N6O2S. The number of carbonyl (C=O) groups is 1. The zero-order valence-electron chi connectivity index (χ0n) is 17.0. The number of aromatic amines is 1. The molecule has 1 fully saturated rings. The van der Waals surface area contributed by atoms with Crippen LogP contribution in [0.15, 0.2) is 52.8 Å². The predicted octanol–water partition coefficient (Wildman–Crippen LogP) is 2.59. The molecule has 0 spiro atoms. The Balaban J connectivity index is 1.45. The summed E-state index contributed by atoms with van der Waals surface area (Å²) in [4.78, 5) is 36.6. The fraction of sp³-hybridized carbons (Fsp3) is 0.273. The van der Waals surface area contributed by atoms with Crippen LogP contribution in [-0.2, 0) is 5.41 Å². The smallest absolute Gasteiger partial charge is 0.285 e. The van der Waals surface area contributed by atoms with Gasteiger partial charge in [0.1, 0.15) is 5.56 Å². The lowest BCUT2D eigenvalue weighted by Gasteiger charge is -2.41. The molecule has 0 bridgehead atoms. The van der Waals surface area contributed by atoms with Crippen molar-refractivity contribution >= 4 is 28.0 Å². The summed E-state index contributed by atoms with van der Waals surface area (Å²) in [5.74, 6) is -0.293. The molecule has 0 saturated carbocycles. The minimum absolute atomic E-state index is 0.0736. The van der Waals surface area contributed by atoms with Gasteiger partial charge in [-0.2, -0.15) is 0 Å². The van der Waals surface area contributed by atoms with Gasteiger partial charge in [-0.05, 0) is 25.3 Å². The molecular weight excluding hydrogens is 412 g/mol. The maximum Gasteiger partial charge on any atom is 0.285 e. The van der Waals surface area contributed by atoms with Crippen LogP contribution in [0.3, 0.4) is 0 Å². The summed E-state index contributed by atoms with van der Waals surface area (Å²) >= 11 is 1.43. The molecule has 1 aliphatic heterocycles. The number of aromatic nitrogens is 4. The summed E-state index contributed by atoms with van der Waals surface area (Å²) in [6.45, 7) is 2.86. The lowest BCUT2D eigenvalue weighted by atomic mass is 9.70. The molecule has 4 aromatic rings. The van der Waals surface area contributed by atoms with Gasteiger partial charge >= 0.3 is 0 Å².